The Hall–Kier alpha value is -2.47. The Kier molecular flexibility index (Phi) is 3.44. The van der Waals surface area contributed by atoms with Crippen LogP contribution < -0.4 is 0 Å². The number of imidazole rings is 1. The molecule has 1 aliphatic rings. The predicted octanol–water partition coefficient (Wildman–Crippen LogP) is 2.02. The summed E-state index contributed by atoms with van der Waals surface area (Å²) in [7, 11) is 0. The van der Waals surface area contributed by atoms with Crippen molar-refractivity contribution in [2.24, 2.45) is 0 Å². The quantitative estimate of drug-likeness (QED) is 0.739. The van der Waals surface area contributed by atoms with E-state index in [0.717, 1.165) is 37.7 Å². The Morgan fingerprint density at radius 3 is 2.86 bits per heavy atom. The van der Waals surface area contributed by atoms with E-state index >= 15 is 0 Å². The Morgan fingerprint density at radius 2 is 2.14 bits per heavy atom. The third-order valence-corrected chi connectivity index (χ3v) is 4.02. The molecule has 6 nitrogen and oxygen atoms in total. The van der Waals surface area contributed by atoms with Crippen molar-refractivity contribution in [3.05, 3.63) is 60.7 Å². The van der Waals surface area contributed by atoms with Gasteiger partial charge in [-0.05, 0) is 24.1 Å². The highest BCUT2D eigenvalue weighted by molar-refractivity contribution is 5.33. The molecular weight excluding hydrogens is 278 g/mol. The molecule has 1 atom stereocenters. The highest BCUT2D eigenvalue weighted by atomic mass is 16.5. The molecule has 0 N–H and O–H groups in total. The summed E-state index contributed by atoms with van der Waals surface area (Å²) in [5.41, 5.74) is 2.25. The molecule has 0 radical (unpaired) electrons. The maximum absolute atomic E-state index is 5.47. The minimum absolute atomic E-state index is 0.421. The fourth-order valence-electron chi connectivity index (χ4n) is 2.84. The van der Waals surface area contributed by atoms with E-state index in [1.807, 2.05) is 12.4 Å². The molecule has 1 fully saturated rings. The first-order valence-electron chi connectivity index (χ1n) is 7.43. The molecule has 1 saturated heterocycles. The van der Waals surface area contributed by atoms with Gasteiger partial charge in [0, 0.05) is 31.5 Å². The lowest BCUT2D eigenvalue weighted by Crippen LogP contribution is -2.10. The molecule has 1 aromatic carbocycles. The van der Waals surface area contributed by atoms with Gasteiger partial charge in [-0.25, -0.2) is 14.6 Å². The summed E-state index contributed by atoms with van der Waals surface area (Å²) in [4.78, 5) is 8.48. The van der Waals surface area contributed by atoms with E-state index in [0.29, 0.717) is 5.92 Å². The van der Waals surface area contributed by atoms with Gasteiger partial charge in [-0.2, -0.15) is 5.10 Å². The lowest BCUT2D eigenvalue weighted by molar-refractivity contribution is 0.192. The molecule has 4 rings (SSSR count). The molecule has 0 spiro atoms. The Morgan fingerprint density at radius 1 is 1.23 bits per heavy atom. The highest BCUT2D eigenvalue weighted by Crippen LogP contribution is 2.24. The molecule has 22 heavy (non-hydrogen) atoms. The second kappa shape index (κ2) is 5.73. The minimum Gasteiger partial charge on any atom is -0.381 e. The van der Waals surface area contributed by atoms with Crippen molar-refractivity contribution in [3.63, 3.8) is 0 Å². The van der Waals surface area contributed by atoms with Gasteiger partial charge in [0.05, 0.1) is 12.3 Å². The molecule has 0 amide bonds. The van der Waals surface area contributed by atoms with E-state index in [2.05, 4.69) is 43.9 Å². The zero-order valence-corrected chi connectivity index (χ0v) is 12.2. The summed E-state index contributed by atoms with van der Waals surface area (Å²) >= 11 is 0. The van der Waals surface area contributed by atoms with Gasteiger partial charge >= 0.3 is 0 Å². The Balaban J connectivity index is 1.53. The fraction of sp³-hybridized carbons (Fsp3) is 0.312. The van der Waals surface area contributed by atoms with Crippen LogP contribution in [0.2, 0.25) is 0 Å². The summed E-state index contributed by atoms with van der Waals surface area (Å²) in [6, 6.07) is 8.34. The zero-order valence-electron chi connectivity index (χ0n) is 12.2. The highest BCUT2D eigenvalue weighted by Gasteiger charge is 2.22. The number of hydrogen-bond acceptors (Lipinski definition) is 4. The van der Waals surface area contributed by atoms with E-state index in [9.17, 15) is 0 Å². The molecule has 0 aliphatic carbocycles. The largest absolute Gasteiger partial charge is 0.381 e. The summed E-state index contributed by atoms with van der Waals surface area (Å²) in [5, 5.41) is 4.13. The van der Waals surface area contributed by atoms with Crippen molar-refractivity contribution in [2.45, 2.75) is 18.9 Å². The molecule has 2 aromatic heterocycles. The topological polar surface area (TPSA) is 57.8 Å². The average Bonchev–Trinajstić information content (AvgIpc) is 3.30. The van der Waals surface area contributed by atoms with Gasteiger partial charge in [0.25, 0.3) is 0 Å². The lowest BCUT2D eigenvalue weighted by atomic mass is 10.1. The zero-order chi connectivity index (χ0) is 14.8. The molecule has 1 aliphatic heterocycles. The normalized spacial score (nSPS) is 17.9. The van der Waals surface area contributed by atoms with Crippen LogP contribution in [0.15, 0.2) is 49.3 Å². The Bertz CT molecular complexity index is 726. The van der Waals surface area contributed by atoms with Crippen LogP contribution in [0, 0.1) is 0 Å². The molecule has 3 aromatic rings. The maximum atomic E-state index is 5.47. The number of hydrogen-bond donors (Lipinski definition) is 0. The maximum Gasteiger partial charge on any atom is 0.138 e. The monoisotopic (exact) mass is 295 g/mol. The van der Waals surface area contributed by atoms with E-state index in [-0.39, 0.29) is 0 Å². The van der Waals surface area contributed by atoms with Crippen LogP contribution in [-0.2, 0) is 11.3 Å². The van der Waals surface area contributed by atoms with Gasteiger partial charge < -0.3 is 9.30 Å². The van der Waals surface area contributed by atoms with E-state index in [1.54, 1.807) is 11.0 Å². The molecule has 0 saturated carbocycles. The van der Waals surface area contributed by atoms with Crippen LogP contribution in [0.1, 0.15) is 23.7 Å². The standard InChI is InChI=1S/C16H17N5O/c1-3-15(21-12-17-11-19-21)4-2-13(1)9-20-7-6-18-16(20)14-5-8-22-10-14/h1-4,6-7,11-12,14H,5,8-10H2. The van der Waals surface area contributed by atoms with Crippen LogP contribution in [0.3, 0.4) is 0 Å². The average molecular weight is 295 g/mol. The molecule has 6 heteroatoms. The van der Waals surface area contributed by atoms with Crippen LogP contribution in [0.5, 0.6) is 0 Å². The third kappa shape index (κ3) is 2.53. The molecule has 3 heterocycles. The third-order valence-electron chi connectivity index (χ3n) is 4.02. The number of rotatable bonds is 4. The van der Waals surface area contributed by atoms with Crippen LogP contribution in [-0.4, -0.2) is 37.5 Å². The summed E-state index contributed by atoms with van der Waals surface area (Å²) < 4.78 is 9.44. The number of benzene rings is 1. The van der Waals surface area contributed by atoms with Gasteiger partial charge in [0.2, 0.25) is 0 Å². The van der Waals surface area contributed by atoms with Gasteiger partial charge in [0.1, 0.15) is 18.5 Å². The number of ether oxygens (including phenoxy) is 1. The first kappa shape index (κ1) is 13.2. The summed E-state index contributed by atoms with van der Waals surface area (Å²) in [6.45, 7) is 2.44. The Labute approximate surface area is 128 Å². The number of aromatic nitrogens is 5. The van der Waals surface area contributed by atoms with Crippen molar-refractivity contribution in [1.82, 2.24) is 24.3 Å². The van der Waals surface area contributed by atoms with Crippen LogP contribution >= 0.6 is 0 Å². The first-order valence-corrected chi connectivity index (χ1v) is 7.43. The predicted molar refractivity (Wildman–Crippen MR) is 80.9 cm³/mol. The van der Waals surface area contributed by atoms with Crippen molar-refractivity contribution < 1.29 is 4.74 Å². The minimum atomic E-state index is 0.421. The molecular formula is C16H17N5O. The summed E-state index contributed by atoms with van der Waals surface area (Å²) in [5.74, 6) is 1.54. The molecule has 0 bridgehead atoms. The first-order chi connectivity index (χ1) is 10.9. The van der Waals surface area contributed by atoms with E-state index < -0.39 is 0 Å². The van der Waals surface area contributed by atoms with Crippen LogP contribution in [0.4, 0.5) is 0 Å². The van der Waals surface area contributed by atoms with Crippen molar-refractivity contribution in [2.75, 3.05) is 13.2 Å². The van der Waals surface area contributed by atoms with E-state index in [1.165, 1.54) is 11.9 Å². The van der Waals surface area contributed by atoms with Crippen molar-refractivity contribution in [3.8, 4) is 5.69 Å². The number of nitrogens with zero attached hydrogens (tertiary/aromatic N) is 5. The SMILES string of the molecule is c1cn(Cc2ccc(-n3cncn3)cc2)c(C2CCOC2)n1. The fourth-order valence-corrected chi connectivity index (χ4v) is 2.84. The van der Waals surface area contributed by atoms with Gasteiger partial charge in [-0.1, -0.05) is 12.1 Å². The van der Waals surface area contributed by atoms with E-state index in [4.69, 9.17) is 4.74 Å². The van der Waals surface area contributed by atoms with Crippen LogP contribution in [0.25, 0.3) is 5.69 Å². The van der Waals surface area contributed by atoms with Gasteiger partial charge in [-0.15, -0.1) is 0 Å². The molecule has 112 valence electrons. The van der Waals surface area contributed by atoms with Gasteiger partial charge in [-0.3, -0.25) is 0 Å². The lowest BCUT2D eigenvalue weighted by Gasteiger charge is -2.12. The van der Waals surface area contributed by atoms with Crippen molar-refractivity contribution in [1.29, 1.82) is 0 Å². The summed E-state index contributed by atoms with van der Waals surface area (Å²) in [6.07, 6.45) is 8.21. The smallest absolute Gasteiger partial charge is 0.138 e. The van der Waals surface area contributed by atoms with Crippen molar-refractivity contribution >= 4 is 0 Å². The second-order valence-electron chi connectivity index (χ2n) is 5.48. The molecule has 1 unspecified atom stereocenters. The second-order valence-corrected chi connectivity index (χ2v) is 5.48. The van der Waals surface area contributed by atoms with Gasteiger partial charge in [0.15, 0.2) is 0 Å².